The molecule has 2 unspecified atom stereocenters. The molecule has 1 aliphatic carbocycles. The molecule has 122 valence electrons. The monoisotopic (exact) mass is 321 g/mol. The van der Waals surface area contributed by atoms with E-state index in [1.807, 2.05) is 41.0 Å². The first-order chi connectivity index (χ1) is 11.7. The molecule has 3 aromatic rings. The number of carbonyl (C=O) groups excluding carboxylic acids is 1. The molecule has 1 saturated carbocycles. The van der Waals surface area contributed by atoms with Crippen LogP contribution in [-0.4, -0.2) is 26.5 Å². The van der Waals surface area contributed by atoms with Crippen LogP contribution < -0.4 is 11.1 Å². The van der Waals surface area contributed by atoms with Crippen LogP contribution in [0.1, 0.15) is 19.3 Å². The van der Waals surface area contributed by atoms with Gasteiger partial charge in [-0.2, -0.15) is 0 Å². The molecule has 24 heavy (non-hydrogen) atoms. The van der Waals surface area contributed by atoms with Crippen molar-refractivity contribution in [2.24, 2.45) is 11.7 Å². The molecule has 6 heteroatoms. The van der Waals surface area contributed by atoms with Gasteiger partial charge in [-0.1, -0.05) is 12.1 Å². The van der Waals surface area contributed by atoms with Crippen molar-refractivity contribution < 1.29 is 4.79 Å². The Bertz CT molecular complexity index is 871. The molecular formula is C18H19N5O. The van der Waals surface area contributed by atoms with E-state index in [0.717, 1.165) is 36.1 Å². The number of aromatic nitrogens is 3. The summed E-state index contributed by atoms with van der Waals surface area (Å²) < 4.78 is 1.93. The quantitative estimate of drug-likeness (QED) is 0.776. The van der Waals surface area contributed by atoms with Crippen LogP contribution in [0.3, 0.4) is 0 Å². The summed E-state index contributed by atoms with van der Waals surface area (Å²) >= 11 is 0. The molecule has 0 bridgehead atoms. The Hall–Kier alpha value is -2.73. The highest BCUT2D eigenvalue weighted by atomic mass is 16.1. The largest absolute Gasteiger partial charge is 0.328 e. The van der Waals surface area contributed by atoms with Crippen LogP contribution in [-0.2, 0) is 4.79 Å². The van der Waals surface area contributed by atoms with Crippen LogP contribution in [0, 0.1) is 5.92 Å². The van der Waals surface area contributed by atoms with Crippen LogP contribution in [0.4, 0.5) is 5.69 Å². The molecule has 1 amide bonds. The van der Waals surface area contributed by atoms with E-state index in [1.165, 1.54) is 0 Å². The number of fused-ring (bicyclic) bond motifs is 1. The van der Waals surface area contributed by atoms with Crippen LogP contribution in [0.5, 0.6) is 0 Å². The lowest BCUT2D eigenvalue weighted by atomic mass is 10.1. The Morgan fingerprint density at radius 3 is 2.79 bits per heavy atom. The number of rotatable bonds is 3. The summed E-state index contributed by atoms with van der Waals surface area (Å²) in [6.07, 6.45) is 5.98. The fourth-order valence-corrected chi connectivity index (χ4v) is 3.24. The van der Waals surface area contributed by atoms with Crippen LogP contribution in [0.25, 0.3) is 16.9 Å². The summed E-state index contributed by atoms with van der Waals surface area (Å²) in [6, 6.07) is 11.8. The van der Waals surface area contributed by atoms with E-state index >= 15 is 0 Å². The van der Waals surface area contributed by atoms with E-state index < -0.39 is 0 Å². The number of hydrogen-bond acceptors (Lipinski definition) is 4. The van der Waals surface area contributed by atoms with Gasteiger partial charge < -0.3 is 11.1 Å². The number of nitrogens with two attached hydrogens (primary N) is 1. The third-order valence-corrected chi connectivity index (χ3v) is 4.56. The molecule has 2 atom stereocenters. The van der Waals surface area contributed by atoms with E-state index in [1.54, 1.807) is 12.5 Å². The molecule has 0 aliphatic heterocycles. The van der Waals surface area contributed by atoms with E-state index in [2.05, 4.69) is 15.3 Å². The van der Waals surface area contributed by atoms with Crippen molar-refractivity contribution >= 4 is 22.6 Å². The Morgan fingerprint density at radius 2 is 2.04 bits per heavy atom. The first-order valence-corrected chi connectivity index (χ1v) is 8.15. The van der Waals surface area contributed by atoms with Gasteiger partial charge in [0.15, 0.2) is 0 Å². The molecule has 6 nitrogen and oxygen atoms in total. The average molecular weight is 321 g/mol. The average Bonchev–Trinajstić information content (AvgIpc) is 3.22. The molecular weight excluding hydrogens is 302 g/mol. The normalized spacial score (nSPS) is 20.4. The highest BCUT2D eigenvalue weighted by Crippen LogP contribution is 2.25. The number of hydrogen-bond donors (Lipinski definition) is 2. The molecule has 0 saturated heterocycles. The summed E-state index contributed by atoms with van der Waals surface area (Å²) in [5.74, 6) is 0.812. The van der Waals surface area contributed by atoms with Gasteiger partial charge in [-0.25, -0.2) is 9.97 Å². The zero-order valence-corrected chi connectivity index (χ0v) is 13.2. The number of carbonyl (C=O) groups is 1. The number of benzene rings is 1. The topological polar surface area (TPSA) is 85.8 Å². The number of nitrogens with one attached hydrogen (secondary N) is 1. The van der Waals surface area contributed by atoms with E-state index in [4.69, 9.17) is 5.73 Å². The molecule has 1 aromatic carbocycles. The Morgan fingerprint density at radius 1 is 1.17 bits per heavy atom. The predicted octanol–water partition coefficient (Wildman–Crippen LogP) is 2.49. The second kappa shape index (κ2) is 6.05. The summed E-state index contributed by atoms with van der Waals surface area (Å²) in [5.41, 5.74) is 8.50. The fraction of sp³-hybridized carbons (Fsp3) is 0.278. The van der Waals surface area contributed by atoms with Crippen molar-refractivity contribution in [3.8, 4) is 5.82 Å². The molecule has 0 radical (unpaired) electrons. The summed E-state index contributed by atoms with van der Waals surface area (Å²) in [5, 5.41) is 2.93. The molecule has 3 N–H and O–H groups in total. The molecule has 4 rings (SSSR count). The molecule has 2 aromatic heterocycles. The SMILES string of the molecule is NC1CCC(C(=O)Nc2ccc(-n3cnc4ccccc43)nc2)C1. The maximum atomic E-state index is 12.2. The number of nitrogens with zero attached hydrogens (tertiary/aromatic N) is 3. The minimum atomic E-state index is 0.0114. The zero-order chi connectivity index (χ0) is 16.5. The Labute approximate surface area is 139 Å². The maximum Gasteiger partial charge on any atom is 0.227 e. The Balaban J connectivity index is 1.51. The third kappa shape index (κ3) is 2.76. The number of pyridine rings is 1. The zero-order valence-electron chi connectivity index (χ0n) is 13.2. The lowest BCUT2D eigenvalue weighted by Gasteiger charge is -2.11. The van der Waals surface area contributed by atoms with Gasteiger partial charge in [-0.15, -0.1) is 0 Å². The molecule has 2 heterocycles. The van der Waals surface area contributed by atoms with Crippen LogP contribution >= 0.6 is 0 Å². The van der Waals surface area contributed by atoms with Gasteiger partial charge in [-0.05, 0) is 43.5 Å². The lowest BCUT2D eigenvalue weighted by molar-refractivity contribution is -0.119. The first-order valence-electron chi connectivity index (χ1n) is 8.15. The molecule has 1 fully saturated rings. The minimum Gasteiger partial charge on any atom is -0.328 e. The third-order valence-electron chi connectivity index (χ3n) is 4.56. The van der Waals surface area contributed by atoms with Crippen molar-refractivity contribution in [2.75, 3.05) is 5.32 Å². The highest BCUT2D eigenvalue weighted by molar-refractivity contribution is 5.92. The van der Waals surface area contributed by atoms with Crippen molar-refractivity contribution in [1.82, 2.24) is 14.5 Å². The summed E-state index contributed by atoms with van der Waals surface area (Å²) in [4.78, 5) is 21.1. The number of imidazole rings is 1. The second-order valence-electron chi connectivity index (χ2n) is 6.27. The lowest BCUT2D eigenvalue weighted by Crippen LogP contribution is -2.23. The Kier molecular flexibility index (Phi) is 3.74. The van der Waals surface area contributed by atoms with E-state index in [9.17, 15) is 4.79 Å². The summed E-state index contributed by atoms with van der Waals surface area (Å²) in [7, 11) is 0. The van der Waals surface area contributed by atoms with Crippen LogP contribution in [0.15, 0.2) is 48.9 Å². The van der Waals surface area contributed by atoms with Gasteiger partial charge in [-0.3, -0.25) is 9.36 Å². The number of para-hydroxylation sites is 2. The molecule has 0 spiro atoms. The smallest absolute Gasteiger partial charge is 0.227 e. The van der Waals surface area contributed by atoms with E-state index in [-0.39, 0.29) is 17.9 Å². The minimum absolute atomic E-state index is 0.0114. The van der Waals surface area contributed by atoms with Crippen molar-refractivity contribution in [2.45, 2.75) is 25.3 Å². The summed E-state index contributed by atoms with van der Waals surface area (Å²) in [6.45, 7) is 0. The number of anilines is 1. The number of amides is 1. The second-order valence-corrected chi connectivity index (χ2v) is 6.27. The standard InChI is InChI=1S/C18H19N5O/c19-13-6-5-12(9-13)18(24)22-14-7-8-17(20-10-14)23-11-21-15-3-1-2-4-16(15)23/h1-4,7-8,10-13H,5-6,9,19H2,(H,22,24). The van der Waals surface area contributed by atoms with Crippen molar-refractivity contribution in [3.05, 3.63) is 48.9 Å². The van der Waals surface area contributed by atoms with Crippen LogP contribution in [0.2, 0.25) is 0 Å². The van der Waals surface area contributed by atoms with E-state index in [0.29, 0.717) is 5.69 Å². The molecule has 1 aliphatic rings. The van der Waals surface area contributed by atoms with Crippen molar-refractivity contribution in [1.29, 1.82) is 0 Å². The highest BCUT2D eigenvalue weighted by Gasteiger charge is 2.27. The fourth-order valence-electron chi connectivity index (χ4n) is 3.24. The van der Waals surface area contributed by atoms with Crippen molar-refractivity contribution in [3.63, 3.8) is 0 Å². The predicted molar refractivity (Wildman–Crippen MR) is 92.8 cm³/mol. The van der Waals surface area contributed by atoms with Gasteiger partial charge in [0.25, 0.3) is 0 Å². The van der Waals surface area contributed by atoms with Gasteiger partial charge in [0, 0.05) is 12.0 Å². The van der Waals surface area contributed by atoms with Gasteiger partial charge in [0.05, 0.1) is 22.9 Å². The van der Waals surface area contributed by atoms with Gasteiger partial charge >= 0.3 is 0 Å². The maximum absolute atomic E-state index is 12.2. The van der Waals surface area contributed by atoms with Gasteiger partial charge in [0.2, 0.25) is 5.91 Å². The first kappa shape index (κ1) is 14.8. The van der Waals surface area contributed by atoms with Gasteiger partial charge in [0.1, 0.15) is 12.1 Å².